The lowest BCUT2D eigenvalue weighted by molar-refractivity contribution is 0.961. The summed E-state index contributed by atoms with van der Waals surface area (Å²) in [6, 6.07) is 9.69. The van der Waals surface area contributed by atoms with Gasteiger partial charge in [-0.3, -0.25) is 4.79 Å². The molecule has 18 heavy (non-hydrogen) atoms. The Kier molecular flexibility index (Phi) is 3.24. The fourth-order valence-corrected chi connectivity index (χ4v) is 1.90. The van der Waals surface area contributed by atoms with Crippen LogP contribution in [0.3, 0.4) is 0 Å². The van der Waals surface area contributed by atoms with Gasteiger partial charge in [0.25, 0.3) is 5.56 Å². The van der Waals surface area contributed by atoms with Gasteiger partial charge in [-0.1, -0.05) is 23.8 Å². The van der Waals surface area contributed by atoms with E-state index < -0.39 is 0 Å². The molecule has 0 atom stereocenters. The fraction of sp³-hybridized carbons (Fsp3) is 0.214. The van der Waals surface area contributed by atoms with Gasteiger partial charge in [0, 0.05) is 11.1 Å². The topological polar surface area (TPSA) is 69.5 Å². The molecule has 0 unspecified atom stereocenters. The Bertz CT molecular complexity index is 680. The number of H-pyrrole nitrogens is 1. The van der Waals surface area contributed by atoms with E-state index in [9.17, 15) is 4.79 Å². The van der Waals surface area contributed by atoms with Gasteiger partial charge >= 0.3 is 0 Å². The van der Waals surface area contributed by atoms with E-state index in [-0.39, 0.29) is 12.0 Å². The van der Waals surface area contributed by atoms with Crippen LogP contribution < -0.4 is 5.56 Å². The summed E-state index contributed by atoms with van der Waals surface area (Å²) in [6.07, 6.45) is 0.0930. The molecule has 0 aliphatic rings. The fourth-order valence-electron chi connectivity index (χ4n) is 1.90. The molecule has 0 saturated carbocycles. The third-order valence-corrected chi connectivity index (χ3v) is 2.81. The molecule has 1 heterocycles. The Morgan fingerprint density at radius 3 is 2.78 bits per heavy atom. The lowest BCUT2D eigenvalue weighted by atomic mass is 10.0. The van der Waals surface area contributed by atoms with Crippen LogP contribution in [0, 0.1) is 25.2 Å². The SMILES string of the molecule is Cc1ccc(-c2cc(CC#N)c(=O)[nH]n2)c(C)c1. The highest BCUT2D eigenvalue weighted by Gasteiger charge is 2.07. The molecule has 0 amide bonds. The van der Waals surface area contributed by atoms with Gasteiger partial charge < -0.3 is 0 Å². The predicted molar refractivity (Wildman–Crippen MR) is 69.1 cm³/mol. The molecular formula is C14H13N3O. The van der Waals surface area contributed by atoms with Crippen LogP contribution in [0.5, 0.6) is 0 Å². The first-order valence-electron chi connectivity index (χ1n) is 5.65. The second-order valence-corrected chi connectivity index (χ2v) is 4.26. The number of nitriles is 1. The van der Waals surface area contributed by atoms with E-state index in [1.165, 1.54) is 5.56 Å². The highest BCUT2D eigenvalue weighted by molar-refractivity contribution is 5.64. The molecule has 0 fully saturated rings. The number of aromatic nitrogens is 2. The summed E-state index contributed by atoms with van der Waals surface area (Å²) in [5, 5.41) is 15.1. The molecule has 0 spiro atoms. The normalized spacial score (nSPS) is 10.1. The number of nitrogens with one attached hydrogen (secondary N) is 1. The van der Waals surface area contributed by atoms with Gasteiger partial charge in [-0.25, -0.2) is 5.10 Å². The van der Waals surface area contributed by atoms with Crippen molar-refractivity contribution in [3.8, 4) is 17.3 Å². The Morgan fingerprint density at radius 1 is 1.33 bits per heavy atom. The molecule has 1 aromatic carbocycles. The molecule has 0 bridgehead atoms. The molecule has 1 N–H and O–H groups in total. The zero-order valence-electron chi connectivity index (χ0n) is 10.3. The zero-order valence-corrected chi connectivity index (χ0v) is 10.3. The molecule has 4 nitrogen and oxygen atoms in total. The van der Waals surface area contributed by atoms with E-state index in [1.54, 1.807) is 6.07 Å². The molecule has 0 radical (unpaired) electrons. The van der Waals surface area contributed by atoms with Gasteiger partial charge in [-0.2, -0.15) is 10.4 Å². The molecule has 0 saturated heterocycles. The summed E-state index contributed by atoms with van der Waals surface area (Å²) in [5.41, 5.74) is 4.08. The molecule has 0 aliphatic heterocycles. The molecule has 2 aromatic rings. The molecular weight excluding hydrogens is 226 g/mol. The number of benzene rings is 1. The van der Waals surface area contributed by atoms with Crippen molar-refractivity contribution in [2.24, 2.45) is 0 Å². The van der Waals surface area contributed by atoms with E-state index in [1.807, 2.05) is 32.0 Å². The van der Waals surface area contributed by atoms with Crippen LogP contribution in [-0.4, -0.2) is 10.2 Å². The second kappa shape index (κ2) is 4.84. The van der Waals surface area contributed by atoms with Gasteiger partial charge in [0.15, 0.2) is 0 Å². The van der Waals surface area contributed by atoms with Gasteiger partial charge in [0.1, 0.15) is 0 Å². The monoisotopic (exact) mass is 239 g/mol. The van der Waals surface area contributed by atoms with Crippen LogP contribution in [0.4, 0.5) is 0 Å². The van der Waals surface area contributed by atoms with Gasteiger partial charge in [0.2, 0.25) is 0 Å². The van der Waals surface area contributed by atoms with E-state index >= 15 is 0 Å². The molecule has 0 aliphatic carbocycles. The summed E-state index contributed by atoms with van der Waals surface area (Å²) in [6.45, 7) is 4.03. The summed E-state index contributed by atoms with van der Waals surface area (Å²) in [4.78, 5) is 11.5. The van der Waals surface area contributed by atoms with Crippen molar-refractivity contribution >= 4 is 0 Å². The average molecular weight is 239 g/mol. The summed E-state index contributed by atoms with van der Waals surface area (Å²) >= 11 is 0. The predicted octanol–water partition coefficient (Wildman–Crippen LogP) is 2.12. The third-order valence-electron chi connectivity index (χ3n) is 2.81. The number of aryl methyl sites for hydroxylation is 2. The molecule has 90 valence electrons. The van der Waals surface area contributed by atoms with Crippen molar-refractivity contribution in [2.45, 2.75) is 20.3 Å². The largest absolute Gasteiger partial charge is 0.268 e. The first-order valence-corrected chi connectivity index (χ1v) is 5.65. The number of aromatic amines is 1. The lowest BCUT2D eigenvalue weighted by Gasteiger charge is -2.06. The number of rotatable bonds is 2. The maximum atomic E-state index is 11.5. The lowest BCUT2D eigenvalue weighted by Crippen LogP contribution is -2.14. The van der Waals surface area contributed by atoms with Crippen molar-refractivity contribution < 1.29 is 0 Å². The first kappa shape index (κ1) is 12.1. The van der Waals surface area contributed by atoms with Crippen molar-refractivity contribution in [2.75, 3.05) is 0 Å². The van der Waals surface area contributed by atoms with Crippen LogP contribution in [0.1, 0.15) is 16.7 Å². The van der Waals surface area contributed by atoms with Crippen molar-refractivity contribution in [3.05, 3.63) is 51.3 Å². The first-order chi connectivity index (χ1) is 8.61. The Balaban J connectivity index is 2.55. The minimum atomic E-state index is -0.301. The second-order valence-electron chi connectivity index (χ2n) is 4.26. The van der Waals surface area contributed by atoms with E-state index in [0.717, 1.165) is 11.1 Å². The third kappa shape index (κ3) is 2.30. The van der Waals surface area contributed by atoms with E-state index in [2.05, 4.69) is 16.3 Å². The van der Waals surface area contributed by atoms with Crippen LogP contribution in [0.15, 0.2) is 29.1 Å². The maximum Gasteiger partial charge on any atom is 0.268 e. The van der Waals surface area contributed by atoms with Gasteiger partial charge in [-0.15, -0.1) is 0 Å². The highest BCUT2D eigenvalue weighted by atomic mass is 16.1. The summed E-state index contributed by atoms with van der Waals surface area (Å²) in [7, 11) is 0. The van der Waals surface area contributed by atoms with Gasteiger partial charge in [0.05, 0.1) is 18.2 Å². The van der Waals surface area contributed by atoms with Crippen molar-refractivity contribution in [1.82, 2.24) is 10.2 Å². The molecule has 4 heteroatoms. The zero-order chi connectivity index (χ0) is 13.1. The number of hydrogen-bond donors (Lipinski definition) is 1. The van der Waals surface area contributed by atoms with E-state index in [4.69, 9.17) is 5.26 Å². The minimum Gasteiger partial charge on any atom is -0.268 e. The minimum absolute atomic E-state index is 0.0930. The highest BCUT2D eigenvalue weighted by Crippen LogP contribution is 2.21. The molecule has 1 aromatic heterocycles. The Morgan fingerprint density at radius 2 is 2.11 bits per heavy atom. The number of hydrogen-bond acceptors (Lipinski definition) is 3. The summed E-state index contributed by atoms with van der Waals surface area (Å²) < 4.78 is 0. The van der Waals surface area contributed by atoms with Crippen LogP contribution in [-0.2, 0) is 6.42 Å². The number of nitrogens with zero attached hydrogens (tertiary/aromatic N) is 2. The Labute approximate surface area is 105 Å². The van der Waals surface area contributed by atoms with Crippen LogP contribution >= 0.6 is 0 Å². The van der Waals surface area contributed by atoms with Crippen molar-refractivity contribution in [3.63, 3.8) is 0 Å². The van der Waals surface area contributed by atoms with E-state index in [0.29, 0.717) is 11.3 Å². The smallest absolute Gasteiger partial charge is 0.268 e. The standard InChI is InChI=1S/C14H13N3O/c1-9-3-4-12(10(2)7-9)13-8-11(5-6-15)14(18)17-16-13/h3-4,7-8H,5H2,1-2H3,(H,17,18). The molecule has 2 rings (SSSR count). The average Bonchev–Trinajstić information content (AvgIpc) is 2.33. The van der Waals surface area contributed by atoms with Crippen LogP contribution in [0.2, 0.25) is 0 Å². The summed E-state index contributed by atoms with van der Waals surface area (Å²) in [5.74, 6) is 0. The van der Waals surface area contributed by atoms with Crippen LogP contribution in [0.25, 0.3) is 11.3 Å². The quantitative estimate of drug-likeness (QED) is 0.872. The van der Waals surface area contributed by atoms with Gasteiger partial charge in [-0.05, 0) is 25.5 Å². The Hall–Kier alpha value is -2.41. The maximum absolute atomic E-state index is 11.5. The van der Waals surface area contributed by atoms with Crippen molar-refractivity contribution in [1.29, 1.82) is 5.26 Å².